The minimum absolute atomic E-state index is 0.169. The molecule has 8 atom stereocenters. The third-order valence-electron chi connectivity index (χ3n) is 10.1. The van der Waals surface area contributed by atoms with Crippen LogP contribution in [0.2, 0.25) is 0 Å². The number of aliphatic hydroxyl groups excluding tert-OH is 1. The topological polar surface area (TPSA) is 90.9 Å². The first-order chi connectivity index (χ1) is 13.6. The van der Waals surface area contributed by atoms with E-state index in [1.165, 1.54) is 6.07 Å². The third kappa shape index (κ3) is 2.47. The molecule has 1 heterocycles. The molecule has 3 unspecified atom stereocenters. The summed E-state index contributed by atoms with van der Waals surface area (Å²) in [5.41, 5.74) is -1.41. The molecular weight excluding hydrogens is 368 g/mol. The second-order valence-corrected chi connectivity index (χ2v) is 11.0. The molecule has 0 amide bonds. The highest BCUT2D eigenvalue weighted by molar-refractivity contribution is 5.27. The molecule has 0 saturated heterocycles. The molecule has 0 radical (unpaired) electrons. The van der Waals surface area contributed by atoms with Gasteiger partial charge in [-0.3, -0.25) is 0 Å². The van der Waals surface area contributed by atoms with E-state index in [9.17, 15) is 20.1 Å². The normalized spacial score (nSPS) is 51.8. The van der Waals surface area contributed by atoms with Gasteiger partial charge in [0.2, 0.25) is 0 Å². The lowest BCUT2D eigenvalue weighted by Crippen LogP contribution is -2.67. The third-order valence-corrected chi connectivity index (χ3v) is 10.1. The van der Waals surface area contributed by atoms with Crippen molar-refractivity contribution in [3.05, 3.63) is 34.4 Å². The zero-order valence-corrected chi connectivity index (χ0v) is 17.6. The van der Waals surface area contributed by atoms with Crippen molar-refractivity contribution in [3.8, 4) is 0 Å². The molecule has 5 nitrogen and oxygen atoms in total. The second-order valence-electron chi connectivity index (χ2n) is 11.0. The zero-order valence-electron chi connectivity index (χ0n) is 17.6. The zero-order chi connectivity index (χ0) is 20.7. The standard InChI is InChI=1S/C24H34O5/c1-21-9-5-16(25)13-23(21,27)11-7-19-18(21)6-10-22(2)17(8-12-24(19,22)28)15-3-4-20(26)29-14-15/h3-4,14,16-19,25,27-28H,5-13H2,1-2H3/t16-,17?,18?,19?,21+,22+,23-,24-/m0/s1. The fourth-order valence-electron chi connectivity index (χ4n) is 8.30. The van der Waals surface area contributed by atoms with Crippen LogP contribution in [0.5, 0.6) is 0 Å². The van der Waals surface area contributed by atoms with Crippen LogP contribution in [0.1, 0.15) is 83.1 Å². The summed E-state index contributed by atoms with van der Waals surface area (Å²) in [5.74, 6) is 0.626. The second kappa shape index (κ2) is 6.18. The Kier molecular flexibility index (Phi) is 4.21. The van der Waals surface area contributed by atoms with Gasteiger partial charge in [0, 0.05) is 17.9 Å². The van der Waals surface area contributed by atoms with Gasteiger partial charge in [-0.25, -0.2) is 4.79 Å². The Labute approximate surface area is 172 Å². The van der Waals surface area contributed by atoms with E-state index in [4.69, 9.17) is 4.42 Å². The molecule has 1 aromatic rings. The molecule has 4 aliphatic rings. The van der Waals surface area contributed by atoms with Crippen LogP contribution >= 0.6 is 0 Å². The Morgan fingerprint density at radius 1 is 0.931 bits per heavy atom. The smallest absolute Gasteiger partial charge is 0.335 e. The Bertz CT molecular complexity index is 845. The van der Waals surface area contributed by atoms with E-state index in [-0.39, 0.29) is 34.2 Å². The largest absolute Gasteiger partial charge is 0.431 e. The van der Waals surface area contributed by atoms with Crippen LogP contribution in [-0.2, 0) is 0 Å². The summed E-state index contributed by atoms with van der Waals surface area (Å²) in [6.07, 6.45) is 8.22. The fourth-order valence-corrected chi connectivity index (χ4v) is 8.30. The molecule has 5 heteroatoms. The van der Waals surface area contributed by atoms with E-state index in [1.54, 1.807) is 6.26 Å². The van der Waals surface area contributed by atoms with E-state index in [1.807, 2.05) is 6.07 Å². The molecule has 5 rings (SSSR count). The van der Waals surface area contributed by atoms with Gasteiger partial charge in [0.05, 0.1) is 23.6 Å². The predicted octanol–water partition coefficient (Wildman–Crippen LogP) is 3.36. The van der Waals surface area contributed by atoms with Crippen molar-refractivity contribution >= 4 is 0 Å². The molecule has 4 saturated carbocycles. The van der Waals surface area contributed by atoms with Gasteiger partial charge < -0.3 is 19.7 Å². The Morgan fingerprint density at radius 2 is 1.66 bits per heavy atom. The van der Waals surface area contributed by atoms with Crippen LogP contribution < -0.4 is 5.63 Å². The van der Waals surface area contributed by atoms with Crippen molar-refractivity contribution in [3.63, 3.8) is 0 Å². The molecule has 3 N–H and O–H groups in total. The van der Waals surface area contributed by atoms with Gasteiger partial charge in [-0.1, -0.05) is 13.8 Å². The Balaban J connectivity index is 1.50. The molecule has 4 aliphatic carbocycles. The number of hydrogen-bond donors (Lipinski definition) is 3. The van der Waals surface area contributed by atoms with Gasteiger partial charge in [0.15, 0.2) is 0 Å². The lowest BCUT2D eigenvalue weighted by atomic mass is 9.42. The average Bonchev–Trinajstić information content (AvgIpc) is 2.95. The maximum Gasteiger partial charge on any atom is 0.335 e. The molecule has 0 spiro atoms. The number of hydrogen-bond acceptors (Lipinski definition) is 5. The van der Waals surface area contributed by atoms with Crippen molar-refractivity contribution in [1.82, 2.24) is 0 Å². The summed E-state index contributed by atoms with van der Waals surface area (Å²) in [6.45, 7) is 4.43. The van der Waals surface area contributed by atoms with Crippen molar-refractivity contribution < 1.29 is 19.7 Å². The Hall–Kier alpha value is -1.17. The lowest BCUT2D eigenvalue weighted by Gasteiger charge is -2.66. The van der Waals surface area contributed by atoms with Gasteiger partial charge in [-0.2, -0.15) is 0 Å². The molecule has 29 heavy (non-hydrogen) atoms. The highest BCUT2D eigenvalue weighted by atomic mass is 16.4. The summed E-state index contributed by atoms with van der Waals surface area (Å²) in [7, 11) is 0. The molecule has 1 aromatic heterocycles. The van der Waals surface area contributed by atoms with Crippen molar-refractivity contribution in [2.45, 2.75) is 94.9 Å². The van der Waals surface area contributed by atoms with E-state index in [0.29, 0.717) is 12.8 Å². The molecule has 0 bridgehead atoms. The minimum Gasteiger partial charge on any atom is -0.431 e. The minimum atomic E-state index is -0.823. The first-order valence-corrected chi connectivity index (χ1v) is 11.3. The summed E-state index contributed by atoms with van der Waals surface area (Å²) in [4.78, 5) is 11.4. The van der Waals surface area contributed by atoms with Gasteiger partial charge >= 0.3 is 5.63 Å². The first-order valence-electron chi connectivity index (χ1n) is 11.3. The molecule has 160 valence electrons. The SMILES string of the molecule is C[C@]12CC[C@H](O)C[C@@]1(O)CCC1C2CC[C@]2(C)C(c3ccc(=O)oc3)CC[C@]12O. The molecule has 0 aromatic carbocycles. The van der Waals surface area contributed by atoms with Gasteiger partial charge in [-0.05, 0) is 86.2 Å². The van der Waals surface area contributed by atoms with Crippen molar-refractivity contribution in [2.24, 2.45) is 22.7 Å². The van der Waals surface area contributed by atoms with E-state index < -0.39 is 17.3 Å². The van der Waals surface area contributed by atoms with E-state index >= 15 is 0 Å². The first kappa shape index (κ1) is 19.8. The summed E-state index contributed by atoms with van der Waals surface area (Å²) in [5, 5.41) is 33.9. The maximum absolute atomic E-state index is 12.2. The van der Waals surface area contributed by atoms with Crippen LogP contribution in [0.15, 0.2) is 27.6 Å². The average molecular weight is 403 g/mol. The van der Waals surface area contributed by atoms with E-state index in [2.05, 4.69) is 13.8 Å². The number of aliphatic hydroxyl groups is 3. The predicted molar refractivity (Wildman–Crippen MR) is 108 cm³/mol. The van der Waals surface area contributed by atoms with Crippen LogP contribution in [0.3, 0.4) is 0 Å². The highest BCUT2D eigenvalue weighted by Crippen LogP contribution is 2.71. The molecular formula is C24H34O5. The van der Waals surface area contributed by atoms with Crippen LogP contribution in [0.4, 0.5) is 0 Å². The van der Waals surface area contributed by atoms with Gasteiger partial charge in [0.1, 0.15) is 0 Å². The van der Waals surface area contributed by atoms with Crippen LogP contribution in [0, 0.1) is 22.7 Å². The summed E-state index contributed by atoms with van der Waals surface area (Å²) in [6, 6.07) is 3.35. The fraction of sp³-hybridized carbons (Fsp3) is 0.792. The maximum atomic E-state index is 12.2. The quantitative estimate of drug-likeness (QED) is 0.670. The van der Waals surface area contributed by atoms with Gasteiger partial charge in [-0.15, -0.1) is 0 Å². The molecule has 4 fully saturated rings. The van der Waals surface area contributed by atoms with Gasteiger partial charge in [0.25, 0.3) is 0 Å². The number of fused-ring (bicyclic) bond motifs is 5. The summed E-state index contributed by atoms with van der Waals surface area (Å²) < 4.78 is 5.15. The molecule has 0 aliphatic heterocycles. The van der Waals surface area contributed by atoms with Crippen LogP contribution in [-0.4, -0.2) is 32.6 Å². The highest BCUT2D eigenvalue weighted by Gasteiger charge is 2.69. The lowest BCUT2D eigenvalue weighted by molar-refractivity contribution is -0.253. The van der Waals surface area contributed by atoms with Crippen LogP contribution in [0.25, 0.3) is 0 Å². The van der Waals surface area contributed by atoms with E-state index in [0.717, 1.165) is 50.5 Å². The van der Waals surface area contributed by atoms with Crippen molar-refractivity contribution in [2.75, 3.05) is 0 Å². The summed E-state index contributed by atoms with van der Waals surface area (Å²) >= 11 is 0. The van der Waals surface area contributed by atoms with Crippen molar-refractivity contribution in [1.29, 1.82) is 0 Å². The Morgan fingerprint density at radius 3 is 2.38 bits per heavy atom. The monoisotopic (exact) mass is 402 g/mol. The number of rotatable bonds is 1.